The summed E-state index contributed by atoms with van der Waals surface area (Å²) in [7, 11) is 0. The lowest BCUT2D eigenvalue weighted by atomic mass is 10.1. The minimum Gasteiger partial charge on any atom is -0.369 e. The molecule has 2 aliphatic rings. The van der Waals surface area contributed by atoms with Crippen LogP contribution >= 0.6 is 11.3 Å². The number of ether oxygens (including phenoxy) is 1. The van der Waals surface area contributed by atoms with Crippen molar-refractivity contribution in [2.45, 2.75) is 71.4 Å². The van der Waals surface area contributed by atoms with Crippen LogP contribution < -0.4 is 0 Å². The highest BCUT2D eigenvalue weighted by atomic mass is 32.1. The van der Waals surface area contributed by atoms with E-state index >= 15 is 0 Å². The van der Waals surface area contributed by atoms with Gasteiger partial charge in [0.2, 0.25) is 0 Å². The Balaban J connectivity index is 1.39. The van der Waals surface area contributed by atoms with Crippen LogP contribution in [0.1, 0.15) is 60.9 Å². The molecule has 24 heavy (non-hydrogen) atoms. The largest absolute Gasteiger partial charge is 0.369 e. The van der Waals surface area contributed by atoms with Crippen LogP contribution in [0.15, 0.2) is 11.6 Å². The second-order valence-electron chi connectivity index (χ2n) is 6.96. The first kappa shape index (κ1) is 16.2. The molecule has 4 rings (SSSR count). The van der Waals surface area contributed by atoms with E-state index in [0.717, 1.165) is 29.8 Å². The molecule has 0 saturated heterocycles. The molecule has 2 aromatic rings. The van der Waals surface area contributed by atoms with Crippen LogP contribution in [0, 0.1) is 6.92 Å². The van der Waals surface area contributed by atoms with E-state index in [2.05, 4.69) is 26.8 Å². The van der Waals surface area contributed by atoms with Crippen LogP contribution in [-0.4, -0.2) is 32.0 Å². The summed E-state index contributed by atoms with van der Waals surface area (Å²) in [5.74, 6) is 1.20. The van der Waals surface area contributed by atoms with E-state index in [1.807, 2.05) is 13.1 Å². The van der Waals surface area contributed by atoms with Gasteiger partial charge in [-0.15, -0.1) is 11.3 Å². The SMILES string of the molecule is Cc1nc(COCc2cnc3n2CCN(C2CCCC2)[C@@H]3C)cs1. The van der Waals surface area contributed by atoms with Gasteiger partial charge < -0.3 is 9.30 Å². The second-order valence-corrected chi connectivity index (χ2v) is 8.02. The molecule has 0 aromatic carbocycles. The fraction of sp³-hybridized carbons (Fsp3) is 0.667. The van der Waals surface area contributed by atoms with Crippen LogP contribution in [0.4, 0.5) is 0 Å². The number of nitrogens with zero attached hydrogens (tertiary/aromatic N) is 4. The zero-order chi connectivity index (χ0) is 16.5. The van der Waals surface area contributed by atoms with Crippen molar-refractivity contribution in [3.63, 3.8) is 0 Å². The van der Waals surface area contributed by atoms with Crippen LogP contribution in [0.5, 0.6) is 0 Å². The molecule has 0 spiro atoms. The van der Waals surface area contributed by atoms with E-state index in [9.17, 15) is 0 Å². The molecule has 0 radical (unpaired) electrons. The molecule has 1 aliphatic carbocycles. The summed E-state index contributed by atoms with van der Waals surface area (Å²) in [6.45, 7) is 7.69. The number of hydrogen-bond donors (Lipinski definition) is 0. The van der Waals surface area contributed by atoms with Gasteiger partial charge in [-0.3, -0.25) is 4.90 Å². The number of imidazole rings is 1. The Hall–Kier alpha value is -1.24. The Morgan fingerprint density at radius 3 is 2.83 bits per heavy atom. The zero-order valence-corrected chi connectivity index (χ0v) is 15.4. The van der Waals surface area contributed by atoms with Crippen molar-refractivity contribution in [2.75, 3.05) is 6.54 Å². The van der Waals surface area contributed by atoms with Crippen molar-refractivity contribution in [1.82, 2.24) is 19.4 Å². The van der Waals surface area contributed by atoms with Crippen molar-refractivity contribution in [3.05, 3.63) is 33.8 Å². The Labute approximate surface area is 147 Å². The third-order valence-electron chi connectivity index (χ3n) is 5.38. The number of rotatable bonds is 5. The molecule has 1 saturated carbocycles. The Morgan fingerprint density at radius 1 is 1.25 bits per heavy atom. The molecule has 0 unspecified atom stereocenters. The molecule has 1 aliphatic heterocycles. The molecule has 130 valence electrons. The van der Waals surface area contributed by atoms with Gasteiger partial charge in [-0.05, 0) is 26.7 Å². The van der Waals surface area contributed by atoms with Crippen molar-refractivity contribution in [2.24, 2.45) is 0 Å². The monoisotopic (exact) mass is 346 g/mol. The lowest BCUT2D eigenvalue weighted by Crippen LogP contribution is -2.43. The molecular formula is C18H26N4OS. The lowest BCUT2D eigenvalue weighted by Gasteiger charge is -2.38. The number of hydrogen-bond acceptors (Lipinski definition) is 5. The van der Waals surface area contributed by atoms with Gasteiger partial charge in [0.05, 0.1) is 41.8 Å². The van der Waals surface area contributed by atoms with E-state index < -0.39 is 0 Å². The number of aromatic nitrogens is 3. The van der Waals surface area contributed by atoms with E-state index in [1.165, 1.54) is 37.2 Å². The van der Waals surface area contributed by atoms with Crippen molar-refractivity contribution < 1.29 is 4.74 Å². The van der Waals surface area contributed by atoms with Crippen LogP contribution in [0.3, 0.4) is 0 Å². The van der Waals surface area contributed by atoms with E-state index in [4.69, 9.17) is 9.72 Å². The summed E-state index contributed by atoms with van der Waals surface area (Å²) < 4.78 is 8.24. The van der Waals surface area contributed by atoms with Gasteiger partial charge >= 0.3 is 0 Å². The maximum absolute atomic E-state index is 5.88. The molecule has 5 nitrogen and oxygen atoms in total. The van der Waals surface area contributed by atoms with Gasteiger partial charge in [0.1, 0.15) is 5.82 Å². The highest BCUT2D eigenvalue weighted by molar-refractivity contribution is 7.09. The number of aryl methyl sites for hydroxylation is 1. The number of fused-ring (bicyclic) bond motifs is 1. The zero-order valence-electron chi connectivity index (χ0n) is 14.6. The van der Waals surface area contributed by atoms with Gasteiger partial charge in [-0.2, -0.15) is 0 Å². The Bertz CT molecular complexity index is 689. The predicted octanol–water partition coefficient (Wildman–Crippen LogP) is 3.68. The molecule has 1 fully saturated rings. The van der Waals surface area contributed by atoms with Crippen molar-refractivity contribution >= 4 is 11.3 Å². The van der Waals surface area contributed by atoms with Gasteiger partial charge in [-0.1, -0.05) is 12.8 Å². The minimum absolute atomic E-state index is 0.414. The first-order chi connectivity index (χ1) is 11.7. The highest BCUT2D eigenvalue weighted by Gasteiger charge is 2.32. The van der Waals surface area contributed by atoms with Gasteiger partial charge in [0.15, 0.2) is 0 Å². The molecule has 3 heterocycles. The molecule has 2 aromatic heterocycles. The minimum atomic E-state index is 0.414. The normalized spacial score (nSPS) is 22.2. The smallest absolute Gasteiger partial charge is 0.126 e. The maximum Gasteiger partial charge on any atom is 0.126 e. The van der Waals surface area contributed by atoms with Gasteiger partial charge in [0, 0.05) is 24.5 Å². The van der Waals surface area contributed by atoms with E-state index in [1.54, 1.807) is 11.3 Å². The fourth-order valence-corrected chi connectivity index (χ4v) is 4.76. The third-order valence-corrected chi connectivity index (χ3v) is 6.20. The molecule has 0 N–H and O–H groups in total. The lowest BCUT2D eigenvalue weighted by molar-refractivity contribution is 0.0880. The van der Waals surface area contributed by atoms with Crippen LogP contribution in [0.25, 0.3) is 0 Å². The summed E-state index contributed by atoms with van der Waals surface area (Å²) in [4.78, 5) is 11.8. The summed E-state index contributed by atoms with van der Waals surface area (Å²) in [5.41, 5.74) is 2.21. The van der Waals surface area contributed by atoms with Crippen LogP contribution in [0.2, 0.25) is 0 Å². The first-order valence-corrected chi connectivity index (χ1v) is 9.89. The molecule has 1 atom stereocenters. The molecular weight excluding hydrogens is 320 g/mol. The van der Waals surface area contributed by atoms with Crippen LogP contribution in [-0.2, 0) is 24.5 Å². The standard InChI is InChI=1S/C18H26N4OS/c1-13-18-19-9-17(11-23-10-15-12-24-14(2)20-15)22(18)8-7-21(13)16-5-3-4-6-16/h9,12-13,16H,3-8,10-11H2,1-2H3/t13-/m1/s1. The average molecular weight is 347 g/mol. The predicted molar refractivity (Wildman–Crippen MR) is 94.9 cm³/mol. The summed E-state index contributed by atoms with van der Waals surface area (Å²) in [6, 6.07) is 1.18. The van der Waals surface area contributed by atoms with Crippen molar-refractivity contribution in [1.29, 1.82) is 0 Å². The molecule has 0 amide bonds. The third kappa shape index (κ3) is 3.15. The Kier molecular flexibility index (Phi) is 4.70. The average Bonchev–Trinajstić information content (AvgIpc) is 3.30. The van der Waals surface area contributed by atoms with E-state index in [-0.39, 0.29) is 0 Å². The fourth-order valence-electron chi connectivity index (χ4n) is 4.16. The second kappa shape index (κ2) is 6.94. The summed E-state index contributed by atoms with van der Waals surface area (Å²) in [5, 5.41) is 3.17. The molecule has 0 bridgehead atoms. The van der Waals surface area contributed by atoms with Gasteiger partial charge in [0.25, 0.3) is 0 Å². The first-order valence-electron chi connectivity index (χ1n) is 9.01. The quantitative estimate of drug-likeness (QED) is 0.828. The van der Waals surface area contributed by atoms with Gasteiger partial charge in [-0.25, -0.2) is 9.97 Å². The maximum atomic E-state index is 5.88. The summed E-state index contributed by atoms with van der Waals surface area (Å²) in [6.07, 6.45) is 7.48. The topological polar surface area (TPSA) is 43.2 Å². The molecule has 6 heteroatoms. The Morgan fingerprint density at radius 2 is 2.08 bits per heavy atom. The highest BCUT2D eigenvalue weighted by Crippen LogP contribution is 2.33. The van der Waals surface area contributed by atoms with E-state index in [0.29, 0.717) is 19.3 Å². The summed E-state index contributed by atoms with van der Waals surface area (Å²) >= 11 is 1.67. The van der Waals surface area contributed by atoms with Crippen molar-refractivity contribution in [3.8, 4) is 0 Å². The number of thiazole rings is 1.